The monoisotopic (exact) mass is 322 g/mol. The van der Waals surface area contributed by atoms with E-state index in [1.54, 1.807) is 4.31 Å². The SMILES string of the molecule is CCC1CN(S(C)(=O)=O)CCC1NC/C=C/c1ccccc1. The predicted octanol–water partition coefficient (Wildman–Crippen LogP) is 2.35. The fourth-order valence-electron chi connectivity index (χ4n) is 2.96. The third-order valence-electron chi connectivity index (χ3n) is 4.30. The largest absolute Gasteiger partial charge is 0.310 e. The maximum absolute atomic E-state index is 11.7. The zero-order chi connectivity index (χ0) is 16.0. The Hall–Kier alpha value is -1.17. The molecule has 1 N–H and O–H groups in total. The Labute approximate surface area is 134 Å². The maximum atomic E-state index is 11.7. The molecule has 122 valence electrons. The van der Waals surface area contributed by atoms with Crippen LogP contribution >= 0.6 is 0 Å². The van der Waals surface area contributed by atoms with Crippen LogP contribution in [0.4, 0.5) is 0 Å². The Morgan fingerprint density at radius 1 is 1.32 bits per heavy atom. The second kappa shape index (κ2) is 7.90. The fourth-order valence-corrected chi connectivity index (χ4v) is 3.86. The van der Waals surface area contributed by atoms with Gasteiger partial charge in [-0.2, -0.15) is 0 Å². The lowest BCUT2D eigenvalue weighted by Crippen LogP contribution is -2.50. The molecule has 1 aliphatic heterocycles. The molecule has 0 bridgehead atoms. The first-order valence-electron chi connectivity index (χ1n) is 7.90. The lowest BCUT2D eigenvalue weighted by Gasteiger charge is -2.37. The molecule has 0 spiro atoms. The fraction of sp³-hybridized carbons (Fsp3) is 0.529. The summed E-state index contributed by atoms with van der Waals surface area (Å²) in [6.45, 7) is 4.20. The van der Waals surface area contributed by atoms with Crippen LogP contribution in [-0.4, -0.2) is 44.7 Å². The summed E-state index contributed by atoms with van der Waals surface area (Å²) in [5.74, 6) is 0.383. The van der Waals surface area contributed by atoms with Crippen molar-refractivity contribution in [3.8, 4) is 0 Å². The van der Waals surface area contributed by atoms with Gasteiger partial charge in [0, 0.05) is 25.7 Å². The van der Waals surface area contributed by atoms with E-state index in [4.69, 9.17) is 0 Å². The topological polar surface area (TPSA) is 49.4 Å². The molecule has 5 heteroatoms. The number of nitrogens with zero attached hydrogens (tertiary/aromatic N) is 1. The van der Waals surface area contributed by atoms with Crippen molar-refractivity contribution in [3.05, 3.63) is 42.0 Å². The van der Waals surface area contributed by atoms with E-state index in [9.17, 15) is 8.42 Å². The van der Waals surface area contributed by atoms with E-state index in [1.807, 2.05) is 18.2 Å². The smallest absolute Gasteiger partial charge is 0.211 e. The number of hydrogen-bond donors (Lipinski definition) is 1. The van der Waals surface area contributed by atoms with Crippen LogP contribution in [0.3, 0.4) is 0 Å². The molecule has 1 aliphatic rings. The molecule has 4 nitrogen and oxygen atoms in total. The minimum atomic E-state index is -3.06. The molecule has 22 heavy (non-hydrogen) atoms. The Morgan fingerprint density at radius 2 is 2.05 bits per heavy atom. The second-order valence-electron chi connectivity index (χ2n) is 5.91. The molecule has 2 rings (SSSR count). The molecular formula is C17H26N2O2S. The summed E-state index contributed by atoms with van der Waals surface area (Å²) in [6.07, 6.45) is 7.41. The van der Waals surface area contributed by atoms with Crippen LogP contribution in [0, 0.1) is 5.92 Å². The van der Waals surface area contributed by atoms with E-state index < -0.39 is 10.0 Å². The van der Waals surface area contributed by atoms with Gasteiger partial charge in [0.05, 0.1) is 6.26 Å². The van der Waals surface area contributed by atoms with E-state index in [0.29, 0.717) is 25.0 Å². The number of piperidine rings is 1. The summed E-state index contributed by atoms with van der Waals surface area (Å²) in [7, 11) is -3.06. The Bertz CT molecular complexity index is 584. The average molecular weight is 322 g/mol. The lowest BCUT2D eigenvalue weighted by atomic mass is 9.91. The normalized spacial score (nSPS) is 23.9. The Morgan fingerprint density at radius 3 is 2.68 bits per heavy atom. The summed E-state index contributed by atoms with van der Waals surface area (Å²) in [5.41, 5.74) is 1.20. The predicted molar refractivity (Wildman–Crippen MR) is 92.1 cm³/mol. The van der Waals surface area contributed by atoms with Crippen molar-refractivity contribution in [3.63, 3.8) is 0 Å². The molecule has 0 aromatic heterocycles. The van der Waals surface area contributed by atoms with Crippen molar-refractivity contribution in [1.82, 2.24) is 9.62 Å². The van der Waals surface area contributed by atoms with Gasteiger partial charge in [0.25, 0.3) is 0 Å². The molecule has 1 fully saturated rings. The van der Waals surface area contributed by atoms with E-state index >= 15 is 0 Å². The summed E-state index contributed by atoms with van der Waals surface area (Å²) in [5, 5.41) is 3.56. The van der Waals surface area contributed by atoms with E-state index in [2.05, 4.69) is 36.5 Å². The van der Waals surface area contributed by atoms with Gasteiger partial charge in [-0.15, -0.1) is 0 Å². The highest BCUT2D eigenvalue weighted by atomic mass is 32.2. The number of benzene rings is 1. The van der Waals surface area contributed by atoms with Gasteiger partial charge in [-0.25, -0.2) is 12.7 Å². The molecule has 1 saturated heterocycles. The van der Waals surface area contributed by atoms with Gasteiger partial charge in [-0.05, 0) is 17.9 Å². The van der Waals surface area contributed by atoms with E-state index in [1.165, 1.54) is 11.8 Å². The number of sulfonamides is 1. The highest BCUT2D eigenvalue weighted by Crippen LogP contribution is 2.21. The zero-order valence-corrected chi connectivity index (χ0v) is 14.2. The quantitative estimate of drug-likeness (QED) is 0.874. The van der Waals surface area contributed by atoms with Gasteiger partial charge >= 0.3 is 0 Å². The maximum Gasteiger partial charge on any atom is 0.211 e. The van der Waals surface area contributed by atoms with Gasteiger partial charge < -0.3 is 5.32 Å². The van der Waals surface area contributed by atoms with Crippen LogP contribution in [0.1, 0.15) is 25.3 Å². The minimum Gasteiger partial charge on any atom is -0.310 e. The standard InChI is InChI=1S/C17H26N2O2S/c1-3-16-14-19(22(2,20)21)13-11-17(16)18-12-7-10-15-8-5-4-6-9-15/h4-10,16-18H,3,11-14H2,1-2H3/b10-7+. The molecule has 2 unspecified atom stereocenters. The summed E-state index contributed by atoms with van der Waals surface area (Å²) < 4.78 is 24.9. The van der Waals surface area contributed by atoms with Gasteiger partial charge in [-0.1, -0.05) is 55.8 Å². The first-order chi connectivity index (χ1) is 10.5. The summed E-state index contributed by atoms with van der Waals surface area (Å²) in [6, 6.07) is 10.6. The van der Waals surface area contributed by atoms with Crippen LogP contribution in [0.25, 0.3) is 6.08 Å². The Balaban J connectivity index is 1.84. The van der Waals surface area contributed by atoms with Crippen LogP contribution < -0.4 is 5.32 Å². The van der Waals surface area contributed by atoms with Crippen molar-refractivity contribution in [2.75, 3.05) is 25.9 Å². The lowest BCUT2D eigenvalue weighted by molar-refractivity contribution is 0.206. The van der Waals surface area contributed by atoms with Crippen molar-refractivity contribution >= 4 is 16.1 Å². The van der Waals surface area contributed by atoms with E-state index in [0.717, 1.165) is 19.4 Å². The van der Waals surface area contributed by atoms with Crippen molar-refractivity contribution in [2.45, 2.75) is 25.8 Å². The van der Waals surface area contributed by atoms with Crippen molar-refractivity contribution in [2.24, 2.45) is 5.92 Å². The first-order valence-corrected chi connectivity index (χ1v) is 9.75. The van der Waals surface area contributed by atoms with Crippen LogP contribution in [0.5, 0.6) is 0 Å². The second-order valence-corrected chi connectivity index (χ2v) is 7.89. The highest BCUT2D eigenvalue weighted by molar-refractivity contribution is 7.88. The number of rotatable bonds is 6. The Kier molecular flexibility index (Phi) is 6.17. The third kappa shape index (κ3) is 4.93. The summed E-state index contributed by atoms with van der Waals surface area (Å²) in [4.78, 5) is 0. The third-order valence-corrected chi connectivity index (χ3v) is 5.57. The molecule has 0 amide bonds. The summed E-state index contributed by atoms with van der Waals surface area (Å²) >= 11 is 0. The minimum absolute atomic E-state index is 0.383. The van der Waals surface area contributed by atoms with Gasteiger partial charge in [0.2, 0.25) is 10.0 Å². The molecule has 1 heterocycles. The van der Waals surface area contributed by atoms with E-state index in [-0.39, 0.29) is 0 Å². The van der Waals surface area contributed by atoms with Gasteiger partial charge in [0.1, 0.15) is 0 Å². The van der Waals surface area contributed by atoms with Gasteiger partial charge in [-0.3, -0.25) is 0 Å². The van der Waals surface area contributed by atoms with Crippen LogP contribution in [0.2, 0.25) is 0 Å². The molecule has 0 aliphatic carbocycles. The molecule has 1 aromatic carbocycles. The molecule has 2 atom stereocenters. The number of nitrogens with one attached hydrogen (secondary N) is 1. The van der Waals surface area contributed by atoms with Gasteiger partial charge in [0.15, 0.2) is 0 Å². The molecule has 0 saturated carbocycles. The van der Waals surface area contributed by atoms with Crippen LogP contribution in [0.15, 0.2) is 36.4 Å². The van der Waals surface area contributed by atoms with Crippen LogP contribution in [-0.2, 0) is 10.0 Å². The van der Waals surface area contributed by atoms with Crippen molar-refractivity contribution in [1.29, 1.82) is 0 Å². The zero-order valence-electron chi connectivity index (χ0n) is 13.4. The average Bonchev–Trinajstić information content (AvgIpc) is 2.51. The molecular weight excluding hydrogens is 296 g/mol. The number of hydrogen-bond acceptors (Lipinski definition) is 3. The molecule has 1 aromatic rings. The van der Waals surface area contributed by atoms with Crippen molar-refractivity contribution < 1.29 is 8.42 Å². The first kappa shape index (κ1) is 17.2. The molecule has 0 radical (unpaired) electrons. The highest BCUT2D eigenvalue weighted by Gasteiger charge is 2.31.